The summed E-state index contributed by atoms with van der Waals surface area (Å²) in [7, 11) is 3.14. The Morgan fingerprint density at radius 1 is 1.17 bits per heavy atom. The highest BCUT2D eigenvalue weighted by Crippen LogP contribution is 2.39. The summed E-state index contributed by atoms with van der Waals surface area (Å²) in [5.41, 5.74) is 2.07. The zero-order valence-electron chi connectivity index (χ0n) is 17.7. The molecular weight excluding hydrogens is 370 g/mol. The number of nitrogens with one attached hydrogen (secondary N) is 1. The lowest BCUT2D eigenvalue weighted by Gasteiger charge is -2.33. The topological polar surface area (TPSA) is 71.1 Å². The highest BCUT2D eigenvalue weighted by atomic mass is 16.5. The van der Waals surface area contributed by atoms with E-state index in [4.69, 9.17) is 9.47 Å². The van der Waals surface area contributed by atoms with E-state index in [2.05, 4.69) is 25.7 Å². The average Bonchev–Trinajstić information content (AvgIpc) is 3.05. The van der Waals surface area contributed by atoms with Crippen LogP contribution in [-0.2, 0) is 4.79 Å². The highest BCUT2D eigenvalue weighted by Gasteiger charge is 2.45. The Morgan fingerprint density at radius 3 is 2.31 bits per heavy atom. The van der Waals surface area contributed by atoms with E-state index in [9.17, 15) is 9.59 Å². The summed E-state index contributed by atoms with van der Waals surface area (Å²) in [5.74, 6) is 1.44. The van der Waals surface area contributed by atoms with E-state index in [-0.39, 0.29) is 18.0 Å². The lowest BCUT2D eigenvalue weighted by molar-refractivity contribution is -0.128. The van der Waals surface area contributed by atoms with Gasteiger partial charge in [-0.05, 0) is 30.5 Å². The molecule has 3 rings (SSSR count). The number of hydrogen-bond acceptors (Lipinski definition) is 4. The van der Waals surface area contributed by atoms with Crippen LogP contribution in [0, 0.1) is 5.92 Å². The Kier molecular flexibility index (Phi) is 5.86. The number of benzene rings is 1. The van der Waals surface area contributed by atoms with Crippen LogP contribution in [0.15, 0.2) is 42.1 Å². The molecule has 2 heterocycles. The van der Waals surface area contributed by atoms with E-state index in [1.54, 1.807) is 31.3 Å². The number of urea groups is 1. The molecule has 7 heteroatoms. The first-order valence-electron chi connectivity index (χ1n) is 9.78. The molecule has 2 aliphatic heterocycles. The Bertz CT molecular complexity index is 839. The molecule has 0 bridgehead atoms. The summed E-state index contributed by atoms with van der Waals surface area (Å²) >= 11 is 0. The van der Waals surface area contributed by atoms with Gasteiger partial charge in [-0.15, -0.1) is 6.58 Å². The van der Waals surface area contributed by atoms with Crippen LogP contribution < -0.4 is 14.8 Å². The van der Waals surface area contributed by atoms with Gasteiger partial charge in [0.1, 0.15) is 11.5 Å². The van der Waals surface area contributed by atoms with Gasteiger partial charge in [-0.25, -0.2) is 4.79 Å². The van der Waals surface area contributed by atoms with Crippen molar-refractivity contribution in [3.05, 3.63) is 47.7 Å². The third-order valence-electron chi connectivity index (χ3n) is 5.72. The minimum absolute atomic E-state index is 0.0503. The second-order valence-electron chi connectivity index (χ2n) is 7.71. The summed E-state index contributed by atoms with van der Waals surface area (Å²) in [6.45, 7) is 10.7. The molecule has 1 aromatic carbocycles. The third-order valence-corrected chi connectivity index (χ3v) is 5.72. The van der Waals surface area contributed by atoms with E-state index in [1.807, 2.05) is 24.0 Å². The molecule has 2 aliphatic rings. The van der Waals surface area contributed by atoms with E-state index in [1.165, 1.54) is 0 Å². The number of amides is 3. The standard InChI is InChI=1S/C22H29N3O4/c1-7-8-24-18-12-25(14(4)13(2)3)21(26)19(18)20(23-22(24)27)15-9-16(28-5)11-17(10-15)29-6/h7,9-11,13-14,20H,1,8,12H2,2-6H3,(H,23,27). The van der Waals surface area contributed by atoms with Crippen molar-refractivity contribution in [2.24, 2.45) is 5.92 Å². The summed E-state index contributed by atoms with van der Waals surface area (Å²) in [5, 5.41) is 2.98. The van der Waals surface area contributed by atoms with Gasteiger partial charge in [-0.2, -0.15) is 0 Å². The lowest BCUT2D eigenvalue weighted by Crippen LogP contribution is -2.47. The van der Waals surface area contributed by atoms with Crippen molar-refractivity contribution in [2.45, 2.75) is 32.9 Å². The molecule has 1 aromatic rings. The van der Waals surface area contributed by atoms with Crippen LogP contribution in [0.2, 0.25) is 0 Å². The fourth-order valence-corrected chi connectivity index (χ4v) is 3.77. The molecule has 0 saturated carbocycles. The Morgan fingerprint density at radius 2 is 1.79 bits per heavy atom. The molecule has 1 N–H and O–H groups in total. The summed E-state index contributed by atoms with van der Waals surface area (Å²) in [4.78, 5) is 29.8. The van der Waals surface area contributed by atoms with Crippen LogP contribution >= 0.6 is 0 Å². The number of nitrogens with zero attached hydrogens (tertiary/aromatic N) is 2. The number of carbonyl (C=O) groups excluding carboxylic acids is 2. The Balaban J connectivity index is 2.10. The van der Waals surface area contributed by atoms with Crippen LogP contribution in [0.3, 0.4) is 0 Å². The molecular formula is C22H29N3O4. The fraction of sp³-hybridized carbons (Fsp3) is 0.455. The molecule has 0 spiro atoms. The van der Waals surface area contributed by atoms with Gasteiger partial charge in [0.05, 0.1) is 38.1 Å². The minimum Gasteiger partial charge on any atom is -0.497 e. The third kappa shape index (κ3) is 3.69. The van der Waals surface area contributed by atoms with Crippen molar-refractivity contribution in [2.75, 3.05) is 27.3 Å². The van der Waals surface area contributed by atoms with E-state index in [0.29, 0.717) is 36.1 Å². The van der Waals surface area contributed by atoms with Crippen LogP contribution in [-0.4, -0.2) is 55.1 Å². The second kappa shape index (κ2) is 8.19. The molecule has 0 fully saturated rings. The van der Waals surface area contributed by atoms with Crippen LogP contribution in [0.1, 0.15) is 32.4 Å². The van der Waals surface area contributed by atoms with Gasteiger partial charge in [-0.3, -0.25) is 9.69 Å². The summed E-state index contributed by atoms with van der Waals surface area (Å²) in [6, 6.07) is 4.64. The molecule has 0 radical (unpaired) electrons. The number of methoxy groups -OCH3 is 2. The van der Waals surface area contributed by atoms with Gasteiger partial charge in [0.25, 0.3) is 5.91 Å². The van der Waals surface area contributed by atoms with Crippen molar-refractivity contribution in [3.8, 4) is 11.5 Å². The largest absolute Gasteiger partial charge is 0.497 e. The van der Waals surface area contributed by atoms with Gasteiger partial charge < -0.3 is 19.7 Å². The SMILES string of the molecule is C=CCN1C(=O)NC(c2cc(OC)cc(OC)c2)C2=C1CN(C(C)C(C)C)C2=O. The monoisotopic (exact) mass is 399 g/mol. The average molecular weight is 399 g/mol. The van der Waals surface area contributed by atoms with Crippen LogP contribution in [0.5, 0.6) is 11.5 Å². The zero-order valence-corrected chi connectivity index (χ0v) is 17.7. The van der Waals surface area contributed by atoms with Crippen LogP contribution in [0.25, 0.3) is 0 Å². The number of ether oxygens (including phenoxy) is 2. The zero-order chi connectivity index (χ0) is 21.3. The lowest BCUT2D eigenvalue weighted by atomic mass is 9.95. The predicted molar refractivity (Wildman–Crippen MR) is 111 cm³/mol. The maximum Gasteiger partial charge on any atom is 0.322 e. The minimum atomic E-state index is -0.570. The molecule has 3 amide bonds. The second-order valence-corrected chi connectivity index (χ2v) is 7.71. The smallest absolute Gasteiger partial charge is 0.322 e. The van der Waals surface area contributed by atoms with Gasteiger partial charge in [-0.1, -0.05) is 19.9 Å². The van der Waals surface area contributed by atoms with Crippen LogP contribution in [0.4, 0.5) is 4.79 Å². The van der Waals surface area contributed by atoms with Gasteiger partial charge >= 0.3 is 6.03 Å². The highest BCUT2D eigenvalue weighted by molar-refractivity contribution is 6.01. The molecule has 7 nitrogen and oxygen atoms in total. The first kappa shape index (κ1) is 20.8. The van der Waals surface area contributed by atoms with Crippen molar-refractivity contribution in [1.82, 2.24) is 15.1 Å². The molecule has 29 heavy (non-hydrogen) atoms. The fourth-order valence-electron chi connectivity index (χ4n) is 3.77. The maximum atomic E-state index is 13.4. The Hall–Kier alpha value is -2.96. The van der Waals surface area contributed by atoms with Crippen molar-refractivity contribution in [3.63, 3.8) is 0 Å². The van der Waals surface area contributed by atoms with E-state index >= 15 is 0 Å². The number of carbonyl (C=O) groups is 2. The molecule has 0 aliphatic carbocycles. The Labute approximate surface area is 171 Å². The van der Waals surface area contributed by atoms with Gasteiger partial charge in [0.15, 0.2) is 0 Å². The molecule has 0 saturated heterocycles. The first-order chi connectivity index (χ1) is 13.8. The maximum absolute atomic E-state index is 13.4. The van der Waals surface area contributed by atoms with Crippen molar-refractivity contribution < 1.29 is 19.1 Å². The molecule has 2 unspecified atom stereocenters. The van der Waals surface area contributed by atoms with Gasteiger partial charge in [0.2, 0.25) is 0 Å². The first-order valence-corrected chi connectivity index (χ1v) is 9.78. The molecule has 0 aromatic heterocycles. The molecule has 156 valence electrons. The number of rotatable bonds is 7. The van der Waals surface area contributed by atoms with Gasteiger partial charge in [0, 0.05) is 18.7 Å². The van der Waals surface area contributed by atoms with Crippen molar-refractivity contribution >= 4 is 11.9 Å². The van der Waals surface area contributed by atoms with E-state index < -0.39 is 6.04 Å². The predicted octanol–water partition coefficient (Wildman–Crippen LogP) is 3.10. The summed E-state index contributed by atoms with van der Waals surface area (Å²) < 4.78 is 10.8. The number of hydrogen-bond donors (Lipinski definition) is 1. The van der Waals surface area contributed by atoms with E-state index in [0.717, 1.165) is 11.3 Å². The summed E-state index contributed by atoms with van der Waals surface area (Å²) in [6.07, 6.45) is 1.66. The normalized spacial score (nSPS) is 20.0. The van der Waals surface area contributed by atoms with Crippen molar-refractivity contribution in [1.29, 1.82) is 0 Å². The quantitative estimate of drug-likeness (QED) is 0.716. The molecule has 2 atom stereocenters.